The lowest BCUT2D eigenvalue weighted by Crippen LogP contribution is -2.19. The SMILES string of the molecule is CCc1ccc(CC(NC)c2ccccc2I)cc1. The third-order valence-electron chi connectivity index (χ3n) is 3.50. The van der Waals surface area contributed by atoms with E-state index >= 15 is 0 Å². The van der Waals surface area contributed by atoms with Crippen molar-refractivity contribution in [3.05, 3.63) is 68.8 Å². The first kappa shape index (κ1) is 14.5. The average molecular weight is 365 g/mol. The number of hydrogen-bond acceptors (Lipinski definition) is 1. The summed E-state index contributed by atoms with van der Waals surface area (Å²) in [6, 6.07) is 17.9. The Labute approximate surface area is 129 Å². The fourth-order valence-corrected chi connectivity index (χ4v) is 3.04. The number of benzene rings is 2. The van der Waals surface area contributed by atoms with Crippen LogP contribution in [-0.4, -0.2) is 7.05 Å². The fourth-order valence-electron chi connectivity index (χ4n) is 2.27. The molecule has 0 aliphatic heterocycles. The first-order valence-electron chi connectivity index (χ1n) is 6.74. The highest BCUT2D eigenvalue weighted by molar-refractivity contribution is 14.1. The molecule has 0 spiro atoms. The molecule has 0 saturated heterocycles. The van der Waals surface area contributed by atoms with Crippen LogP contribution in [-0.2, 0) is 12.8 Å². The molecule has 0 saturated carbocycles. The van der Waals surface area contributed by atoms with Crippen LogP contribution in [0, 0.1) is 3.57 Å². The van der Waals surface area contributed by atoms with Crippen molar-refractivity contribution in [2.75, 3.05) is 7.05 Å². The van der Waals surface area contributed by atoms with Gasteiger partial charge in [-0.2, -0.15) is 0 Å². The van der Waals surface area contributed by atoms with Gasteiger partial charge < -0.3 is 5.32 Å². The van der Waals surface area contributed by atoms with Gasteiger partial charge in [0, 0.05) is 9.61 Å². The van der Waals surface area contributed by atoms with Gasteiger partial charge in [0.05, 0.1) is 0 Å². The van der Waals surface area contributed by atoms with Gasteiger partial charge in [-0.05, 0) is 65.2 Å². The van der Waals surface area contributed by atoms with Crippen molar-refractivity contribution in [2.45, 2.75) is 25.8 Å². The first-order valence-corrected chi connectivity index (χ1v) is 7.82. The maximum absolute atomic E-state index is 3.43. The van der Waals surface area contributed by atoms with Crippen molar-refractivity contribution >= 4 is 22.6 Å². The summed E-state index contributed by atoms with van der Waals surface area (Å²) in [4.78, 5) is 0. The van der Waals surface area contributed by atoms with E-state index in [0.717, 1.165) is 12.8 Å². The molecule has 2 aromatic carbocycles. The van der Waals surface area contributed by atoms with Gasteiger partial charge in [-0.1, -0.05) is 49.4 Å². The Balaban J connectivity index is 2.17. The van der Waals surface area contributed by atoms with Gasteiger partial charge in [0.25, 0.3) is 0 Å². The molecule has 1 unspecified atom stereocenters. The van der Waals surface area contributed by atoms with Crippen molar-refractivity contribution in [1.82, 2.24) is 5.32 Å². The molecule has 1 atom stereocenters. The number of nitrogens with one attached hydrogen (secondary N) is 1. The standard InChI is InChI=1S/C17H20IN/c1-3-13-8-10-14(11-9-13)12-17(19-2)15-6-4-5-7-16(15)18/h4-11,17,19H,3,12H2,1-2H3. The Morgan fingerprint density at radius 1 is 1.00 bits per heavy atom. The van der Waals surface area contributed by atoms with E-state index in [1.165, 1.54) is 20.3 Å². The van der Waals surface area contributed by atoms with Crippen LogP contribution in [0.15, 0.2) is 48.5 Å². The minimum atomic E-state index is 0.376. The molecule has 1 nitrogen and oxygen atoms in total. The molecule has 0 fully saturated rings. The first-order chi connectivity index (χ1) is 9.24. The Morgan fingerprint density at radius 2 is 1.63 bits per heavy atom. The van der Waals surface area contributed by atoms with Crippen LogP contribution in [0.1, 0.15) is 29.7 Å². The second-order valence-corrected chi connectivity index (χ2v) is 5.90. The highest BCUT2D eigenvalue weighted by atomic mass is 127. The molecule has 1 N–H and O–H groups in total. The number of aryl methyl sites for hydroxylation is 1. The van der Waals surface area contributed by atoms with Crippen LogP contribution in [0.25, 0.3) is 0 Å². The summed E-state index contributed by atoms with van der Waals surface area (Å²) in [7, 11) is 2.04. The summed E-state index contributed by atoms with van der Waals surface area (Å²) in [5, 5.41) is 3.43. The molecule has 0 radical (unpaired) electrons. The van der Waals surface area contributed by atoms with E-state index in [2.05, 4.69) is 83.4 Å². The van der Waals surface area contributed by atoms with E-state index in [4.69, 9.17) is 0 Å². The molecule has 19 heavy (non-hydrogen) atoms. The summed E-state index contributed by atoms with van der Waals surface area (Å²) in [5.41, 5.74) is 4.17. The van der Waals surface area contributed by atoms with Crippen LogP contribution >= 0.6 is 22.6 Å². The maximum atomic E-state index is 3.43. The summed E-state index contributed by atoms with van der Waals surface area (Å²) < 4.78 is 1.32. The third kappa shape index (κ3) is 3.80. The van der Waals surface area contributed by atoms with Crippen molar-refractivity contribution in [3.63, 3.8) is 0 Å². The average Bonchev–Trinajstić information content (AvgIpc) is 2.46. The third-order valence-corrected chi connectivity index (χ3v) is 4.48. The van der Waals surface area contributed by atoms with Gasteiger partial charge in [-0.3, -0.25) is 0 Å². The van der Waals surface area contributed by atoms with Crippen molar-refractivity contribution in [3.8, 4) is 0 Å². The minimum absolute atomic E-state index is 0.376. The predicted molar refractivity (Wildman–Crippen MR) is 90.5 cm³/mol. The largest absolute Gasteiger partial charge is 0.313 e. The van der Waals surface area contributed by atoms with Gasteiger partial charge in [0.2, 0.25) is 0 Å². The number of rotatable bonds is 5. The molecular weight excluding hydrogens is 345 g/mol. The van der Waals surface area contributed by atoms with Gasteiger partial charge in [-0.15, -0.1) is 0 Å². The summed E-state index contributed by atoms with van der Waals surface area (Å²) in [6.07, 6.45) is 2.13. The number of likely N-dealkylation sites (N-methyl/N-ethyl adjacent to an activating group) is 1. The van der Waals surface area contributed by atoms with E-state index in [1.54, 1.807) is 0 Å². The van der Waals surface area contributed by atoms with Crippen LogP contribution in [0.2, 0.25) is 0 Å². The number of hydrogen-bond donors (Lipinski definition) is 1. The Kier molecular flexibility index (Phi) is 5.40. The lowest BCUT2D eigenvalue weighted by Gasteiger charge is -2.18. The topological polar surface area (TPSA) is 12.0 Å². The minimum Gasteiger partial charge on any atom is -0.313 e. The molecule has 0 heterocycles. The quantitative estimate of drug-likeness (QED) is 0.777. The van der Waals surface area contributed by atoms with E-state index in [-0.39, 0.29) is 0 Å². The molecule has 100 valence electrons. The second-order valence-electron chi connectivity index (χ2n) is 4.74. The van der Waals surface area contributed by atoms with Gasteiger partial charge >= 0.3 is 0 Å². The van der Waals surface area contributed by atoms with Crippen LogP contribution in [0.5, 0.6) is 0 Å². The summed E-state index contributed by atoms with van der Waals surface area (Å²) in [5.74, 6) is 0. The molecular formula is C17H20IN. The smallest absolute Gasteiger partial charge is 0.0368 e. The van der Waals surface area contributed by atoms with E-state index in [9.17, 15) is 0 Å². The summed E-state index contributed by atoms with van der Waals surface area (Å²) >= 11 is 2.41. The zero-order chi connectivity index (χ0) is 13.7. The van der Waals surface area contributed by atoms with Crippen LogP contribution < -0.4 is 5.32 Å². The molecule has 0 amide bonds. The fraction of sp³-hybridized carbons (Fsp3) is 0.294. The monoisotopic (exact) mass is 365 g/mol. The molecule has 2 aromatic rings. The Bertz CT molecular complexity index is 519. The predicted octanol–water partition coefficient (Wildman–Crippen LogP) is 4.36. The maximum Gasteiger partial charge on any atom is 0.0368 e. The zero-order valence-corrected chi connectivity index (χ0v) is 13.6. The molecule has 0 aromatic heterocycles. The highest BCUT2D eigenvalue weighted by Gasteiger charge is 2.12. The van der Waals surface area contributed by atoms with E-state index in [1.807, 2.05) is 7.05 Å². The lowest BCUT2D eigenvalue weighted by atomic mass is 9.98. The molecule has 2 heteroatoms. The van der Waals surface area contributed by atoms with E-state index < -0.39 is 0 Å². The Hall–Kier alpha value is -0.870. The van der Waals surface area contributed by atoms with Gasteiger partial charge in [-0.25, -0.2) is 0 Å². The van der Waals surface area contributed by atoms with Gasteiger partial charge in [0.15, 0.2) is 0 Å². The second kappa shape index (κ2) is 7.06. The van der Waals surface area contributed by atoms with Crippen molar-refractivity contribution < 1.29 is 0 Å². The molecule has 0 bridgehead atoms. The van der Waals surface area contributed by atoms with Crippen LogP contribution in [0.3, 0.4) is 0 Å². The van der Waals surface area contributed by atoms with Crippen LogP contribution in [0.4, 0.5) is 0 Å². The zero-order valence-electron chi connectivity index (χ0n) is 11.5. The highest BCUT2D eigenvalue weighted by Crippen LogP contribution is 2.23. The Morgan fingerprint density at radius 3 is 2.21 bits per heavy atom. The summed E-state index contributed by atoms with van der Waals surface area (Å²) in [6.45, 7) is 2.19. The molecule has 2 rings (SSSR count). The normalized spacial score (nSPS) is 12.4. The molecule has 0 aliphatic carbocycles. The molecule has 0 aliphatic rings. The van der Waals surface area contributed by atoms with Gasteiger partial charge in [0.1, 0.15) is 0 Å². The van der Waals surface area contributed by atoms with E-state index in [0.29, 0.717) is 6.04 Å². The number of halogens is 1. The van der Waals surface area contributed by atoms with Crippen molar-refractivity contribution in [2.24, 2.45) is 0 Å². The van der Waals surface area contributed by atoms with Crippen molar-refractivity contribution in [1.29, 1.82) is 0 Å². The lowest BCUT2D eigenvalue weighted by molar-refractivity contribution is 0.589.